The molecular formula is C22H30N4O6S3. The van der Waals surface area contributed by atoms with Crippen molar-refractivity contribution in [2.24, 2.45) is 10.3 Å². The maximum atomic E-state index is 13.8. The van der Waals surface area contributed by atoms with E-state index in [-0.39, 0.29) is 63.1 Å². The van der Waals surface area contributed by atoms with E-state index >= 15 is 0 Å². The van der Waals surface area contributed by atoms with Crippen molar-refractivity contribution >= 4 is 48.1 Å². The number of anilines is 1. The number of fused-ring (bicyclic) bond motifs is 2. The first-order valence-electron chi connectivity index (χ1n) is 12.0. The van der Waals surface area contributed by atoms with Crippen LogP contribution >= 0.6 is 11.3 Å². The van der Waals surface area contributed by atoms with Gasteiger partial charge < -0.3 is 15.3 Å². The Kier molecular flexibility index (Phi) is 6.47. The number of sulfonamides is 2. The number of nitrogens with zero attached hydrogens (tertiary/aromatic N) is 2. The van der Waals surface area contributed by atoms with Gasteiger partial charge in [-0.2, -0.15) is 8.42 Å². The molecule has 192 valence electrons. The van der Waals surface area contributed by atoms with E-state index in [1.807, 2.05) is 4.90 Å². The van der Waals surface area contributed by atoms with Crippen LogP contribution in [-0.2, 0) is 31.4 Å². The highest BCUT2D eigenvalue weighted by molar-refractivity contribution is 7.91. The van der Waals surface area contributed by atoms with Crippen LogP contribution in [0, 0.1) is 5.92 Å². The van der Waals surface area contributed by atoms with Gasteiger partial charge in [-0.15, -0.1) is 15.7 Å². The van der Waals surface area contributed by atoms with Crippen molar-refractivity contribution < 1.29 is 26.7 Å². The Morgan fingerprint density at radius 1 is 1.17 bits per heavy atom. The molecule has 3 heterocycles. The van der Waals surface area contributed by atoms with Gasteiger partial charge in [-0.1, -0.05) is 32.1 Å². The van der Waals surface area contributed by atoms with Gasteiger partial charge in [-0.25, -0.2) is 13.1 Å². The molecule has 0 spiro atoms. The molecule has 35 heavy (non-hydrogen) atoms. The number of amides is 1. The van der Waals surface area contributed by atoms with E-state index in [1.165, 1.54) is 0 Å². The average Bonchev–Trinajstić information content (AvgIpc) is 3.22. The van der Waals surface area contributed by atoms with E-state index < -0.39 is 20.0 Å². The minimum Gasteiger partial charge on any atom is -0.511 e. The van der Waals surface area contributed by atoms with Gasteiger partial charge in [0.1, 0.15) is 21.2 Å². The molecule has 2 fully saturated rings. The van der Waals surface area contributed by atoms with Crippen LogP contribution in [0.15, 0.2) is 26.0 Å². The molecule has 5 rings (SSSR count). The highest BCUT2D eigenvalue weighted by Crippen LogP contribution is 2.43. The summed E-state index contributed by atoms with van der Waals surface area (Å²) in [5.74, 6) is -0.829. The number of hydrogen-bond acceptors (Lipinski definition) is 8. The molecule has 2 aliphatic heterocycles. The summed E-state index contributed by atoms with van der Waals surface area (Å²) in [5, 5.41) is 16.0. The normalized spacial score (nSPS) is 27.2. The summed E-state index contributed by atoms with van der Waals surface area (Å²) in [6.45, 7) is -0.192. The Morgan fingerprint density at radius 2 is 1.86 bits per heavy atom. The maximum Gasteiger partial charge on any atom is 0.287 e. The number of aliphatic hydroxyl groups is 1. The molecule has 0 saturated heterocycles. The summed E-state index contributed by atoms with van der Waals surface area (Å²) in [4.78, 5) is 15.7. The minimum absolute atomic E-state index is 0.0582. The summed E-state index contributed by atoms with van der Waals surface area (Å²) < 4.78 is 55.6. The highest BCUT2D eigenvalue weighted by atomic mass is 32.2. The van der Waals surface area contributed by atoms with Crippen LogP contribution in [0.4, 0.5) is 5.00 Å². The summed E-state index contributed by atoms with van der Waals surface area (Å²) >= 11 is 1.09. The highest BCUT2D eigenvalue weighted by Gasteiger charge is 2.48. The topological polar surface area (TPSA) is 145 Å². The van der Waals surface area contributed by atoms with Gasteiger partial charge in [-0.05, 0) is 31.1 Å². The standard InChI is InChI=1S/C22H30N4O6S3/c1-34(29,30)23-11-13-12-33-21-19(13)35(31,32)25-20(24-21)17-18(27)15-9-5-6-10-16(15)26(22(17)28)14-7-3-2-4-8-14/h12,14-16,23,27H,2-11H2,1H3,(H,24,25)/t15-,16+/m0/s1. The second-order valence-corrected chi connectivity index (χ2v) is 14.0. The number of amidine groups is 1. The molecule has 2 aliphatic carbocycles. The molecule has 2 atom stereocenters. The largest absolute Gasteiger partial charge is 0.511 e. The number of carbonyl (C=O) groups excluding carboxylic acids is 1. The average molecular weight is 543 g/mol. The zero-order valence-corrected chi connectivity index (χ0v) is 21.9. The summed E-state index contributed by atoms with van der Waals surface area (Å²) in [6, 6.07) is 0.00609. The lowest BCUT2D eigenvalue weighted by molar-refractivity contribution is -0.137. The van der Waals surface area contributed by atoms with Crippen LogP contribution in [0.1, 0.15) is 63.4 Å². The van der Waals surface area contributed by atoms with Crippen molar-refractivity contribution in [1.29, 1.82) is 0 Å². The van der Waals surface area contributed by atoms with Crippen molar-refractivity contribution in [2.45, 2.75) is 81.3 Å². The Hall–Kier alpha value is -1.96. The van der Waals surface area contributed by atoms with Gasteiger partial charge in [0, 0.05) is 30.1 Å². The monoisotopic (exact) mass is 542 g/mol. The third kappa shape index (κ3) is 4.63. The molecule has 0 bridgehead atoms. The molecule has 0 aromatic carbocycles. The van der Waals surface area contributed by atoms with Crippen molar-refractivity contribution in [2.75, 3.05) is 11.6 Å². The molecule has 3 N–H and O–H groups in total. The van der Waals surface area contributed by atoms with Crippen molar-refractivity contribution in [3.8, 4) is 0 Å². The molecule has 2 saturated carbocycles. The summed E-state index contributed by atoms with van der Waals surface area (Å²) in [6.07, 6.45) is 9.56. The van der Waals surface area contributed by atoms with E-state index in [9.17, 15) is 26.7 Å². The molecule has 0 radical (unpaired) electrons. The van der Waals surface area contributed by atoms with Crippen LogP contribution in [0.2, 0.25) is 0 Å². The van der Waals surface area contributed by atoms with Gasteiger partial charge in [0.05, 0.1) is 6.26 Å². The lowest BCUT2D eigenvalue weighted by atomic mass is 9.76. The van der Waals surface area contributed by atoms with E-state index in [0.717, 1.165) is 75.4 Å². The summed E-state index contributed by atoms with van der Waals surface area (Å²) in [5.41, 5.74) is 0.215. The zero-order chi connectivity index (χ0) is 25.0. The lowest BCUT2D eigenvalue weighted by Crippen LogP contribution is -2.57. The van der Waals surface area contributed by atoms with Crippen molar-refractivity contribution in [3.05, 3.63) is 22.3 Å². The fraction of sp³-hybridized carbons (Fsp3) is 0.636. The number of carbonyl (C=O) groups is 1. The molecule has 1 aromatic heterocycles. The van der Waals surface area contributed by atoms with E-state index in [2.05, 4.69) is 14.4 Å². The van der Waals surface area contributed by atoms with Crippen LogP contribution < -0.4 is 10.0 Å². The number of aliphatic hydroxyl groups excluding tert-OH is 1. The number of rotatable bonds is 5. The van der Waals surface area contributed by atoms with Gasteiger partial charge in [0.25, 0.3) is 15.9 Å². The lowest BCUT2D eigenvalue weighted by Gasteiger charge is -2.48. The molecule has 1 aromatic rings. The number of nitrogens with one attached hydrogen (secondary N) is 2. The predicted molar refractivity (Wildman–Crippen MR) is 133 cm³/mol. The third-order valence-electron chi connectivity index (χ3n) is 7.39. The molecule has 0 unspecified atom stereocenters. The van der Waals surface area contributed by atoms with Gasteiger partial charge in [0.15, 0.2) is 5.84 Å². The van der Waals surface area contributed by atoms with Crippen LogP contribution in [0.5, 0.6) is 0 Å². The number of thiophene rings is 1. The fourth-order valence-corrected chi connectivity index (χ4v) is 8.87. The first kappa shape index (κ1) is 24.7. The molecule has 10 nitrogen and oxygen atoms in total. The molecule has 1 amide bonds. The Balaban J connectivity index is 1.53. The van der Waals surface area contributed by atoms with Crippen molar-refractivity contribution in [1.82, 2.24) is 9.62 Å². The van der Waals surface area contributed by atoms with E-state index in [1.54, 1.807) is 5.38 Å². The quantitative estimate of drug-likeness (QED) is 0.519. The van der Waals surface area contributed by atoms with E-state index in [4.69, 9.17) is 0 Å². The predicted octanol–water partition coefficient (Wildman–Crippen LogP) is 2.86. The van der Waals surface area contributed by atoms with Gasteiger partial charge in [0.2, 0.25) is 10.0 Å². The molecule has 13 heteroatoms. The Labute approximate surface area is 209 Å². The number of hydrogen-bond donors (Lipinski definition) is 3. The second kappa shape index (κ2) is 9.16. The van der Waals surface area contributed by atoms with Crippen molar-refractivity contribution in [3.63, 3.8) is 0 Å². The van der Waals surface area contributed by atoms with Gasteiger partial charge in [-0.3, -0.25) is 4.79 Å². The van der Waals surface area contributed by atoms with Gasteiger partial charge >= 0.3 is 0 Å². The first-order valence-corrected chi connectivity index (χ1v) is 16.2. The molecule has 4 aliphatic rings. The SMILES string of the molecule is CS(=O)(=O)NCc1csc2c1S(=O)(=O)N=C(C1=C(O)[C@H]3CCCC[C@H]3N(C3CCCCC3)C1=O)N2. The third-order valence-corrected chi connectivity index (χ3v) is 10.5. The van der Waals surface area contributed by atoms with Crippen LogP contribution in [-0.4, -0.2) is 56.9 Å². The Bertz CT molecular complexity index is 1310. The fourth-order valence-electron chi connectivity index (χ4n) is 5.84. The van der Waals surface area contributed by atoms with Crippen LogP contribution in [0.25, 0.3) is 0 Å². The van der Waals surface area contributed by atoms with Crippen LogP contribution in [0.3, 0.4) is 0 Å². The summed E-state index contributed by atoms with van der Waals surface area (Å²) in [7, 11) is -7.75. The molecular weight excluding hydrogens is 512 g/mol. The first-order chi connectivity index (χ1) is 16.6. The smallest absolute Gasteiger partial charge is 0.287 e. The minimum atomic E-state index is -4.23. The zero-order valence-electron chi connectivity index (χ0n) is 19.5. The van der Waals surface area contributed by atoms with E-state index in [0.29, 0.717) is 0 Å². The Morgan fingerprint density at radius 3 is 2.57 bits per heavy atom. The second-order valence-electron chi connectivity index (χ2n) is 9.78. The maximum absolute atomic E-state index is 13.8.